The molecule has 0 unspecified atom stereocenters. The van der Waals surface area contributed by atoms with Gasteiger partial charge >= 0.3 is 0 Å². The molecule has 0 atom stereocenters. The van der Waals surface area contributed by atoms with Gasteiger partial charge in [0, 0.05) is 0 Å². The van der Waals surface area contributed by atoms with E-state index in [9.17, 15) is 19.2 Å². The Bertz CT molecular complexity index is 1620. The Morgan fingerprint density at radius 1 is 0.533 bits per heavy atom. The molecule has 4 aromatic heterocycles. The number of nitrogens with zero attached hydrogens (tertiary/aromatic N) is 4. The average molecular weight is 443 g/mol. The van der Waals surface area contributed by atoms with Gasteiger partial charge in [-0.25, -0.2) is 9.03 Å². The van der Waals surface area contributed by atoms with Crippen molar-refractivity contribution in [2.24, 2.45) is 0 Å². The van der Waals surface area contributed by atoms with Crippen molar-refractivity contribution in [3.05, 3.63) is 85.4 Å². The Morgan fingerprint density at radius 3 is 1.17 bits per heavy atom. The molecule has 0 saturated heterocycles. The van der Waals surface area contributed by atoms with Gasteiger partial charge in [0.2, 0.25) is 0 Å². The largest absolute Gasteiger partial charge is 0.293 e. The summed E-state index contributed by atoms with van der Waals surface area (Å²) in [6, 6.07) is 0. The zero-order valence-corrected chi connectivity index (χ0v) is 17.7. The zero-order valence-electron chi connectivity index (χ0n) is 16.2. The fourth-order valence-electron chi connectivity index (χ4n) is 3.54. The predicted octanol–water partition coefficient (Wildman–Crippen LogP) is 0.651. The molecular weight excluding hydrogens is 431 g/mol. The van der Waals surface area contributed by atoms with Gasteiger partial charge in [-0.15, -0.1) is 0 Å². The van der Waals surface area contributed by atoms with E-state index >= 15 is 0 Å². The average Bonchev–Trinajstić information content (AvgIpc) is 3.28. The van der Waals surface area contributed by atoms with Gasteiger partial charge in [-0.1, -0.05) is 23.2 Å². The first-order valence-corrected chi connectivity index (χ1v) is 9.39. The summed E-state index contributed by atoms with van der Waals surface area (Å²) >= 11 is 11.8. The molecule has 0 aliphatic heterocycles. The third-order valence-electron chi connectivity index (χ3n) is 5.04. The number of hydrogen-bond acceptors (Lipinski definition) is 4. The van der Waals surface area contributed by atoms with E-state index in [0.29, 0.717) is 22.8 Å². The Hall–Kier alpha value is -3.46. The monoisotopic (exact) mass is 442 g/mol. The van der Waals surface area contributed by atoms with Gasteiger partial charge in [0.25, 0.3) is 22.2 Å². The number of hydrogen-bond donors (Lipinski definition) is 0. The minimum absolute atomic E-state index is 0.0220. The highest BCUT2D eigenvalue weighted by Gasteiger charge is 2.21. The van der Waals surface area contributed by atoms with Gasteiger partial charge in [0.05, 0.1) is 22.8 Å². The summed E-state index contributed by atoms with van der Waals surface area (Å²) in [5, 5.41) is -0.0441. The van der Waals surface area contributed by atoms with E-state index in [1.807, 2.05) is 0 Å². The van der Waals surface area contributed by atoms with Gasteiger partial charge in [-0.2, -0.15) is 9.03 Å². The smallest absolute Gasteiger partial charge is 0.266 e. The van der Waals surface area contributed by atoms with E-state index in [4.69, 9.17) is 23.2 Å². The van der Waals surface area contributed by atoms with Crippen LogP contribution < -0.4 is 22.2 Å². The standard InChI is InChI=1S/C20H12Cl2N4O4/c1-9-13(17(27)25-19(29)15(21)11(3)23(9)25)7-5-6-8-14-10(2)24-12(4)16(22)20(30)26(24)18(14)28/h1-4H3. The van der Waals surface area contributed by atoms with Gasteiger partial charge in [-0.05, 0) is 51.4 Å². The molecule has 10 heteroatoms. The number of halogens is 2. The summed E-state index contributed by atoms with van der Waals surface area (Å²) in [7, 11) is 0. The maximum Gasteiger partial charge on any atom is 0.293 e. The normalized spacial score (nSPS) is 11.0. The molecule has 0 aliphatic carbocycles. The molecule has 0 fully saturated rings. The molecule has 0 N–H and O–H groups in total. The molecular formula is C20H12Cl2N4O4. The van der Waals surface area contributed by atoms with Crippen molar-refractivity contribution in [3.63, 3.8) is 0 Å². The lowest BCUT2D eigenvalue weighted by Crippen LogP contribution is -2.22. The fourth-order valence-corrected chi connectivity index (χ4v) is 3.86. The Morgan fingerprint density at radius 2 is 0.867 bits per heavy atom. The van der Waals surface area contributed by atoms with Gasteiger partial charge in [-0.3, -0.25) is 19.2 Å². The summed E-state index contributed by atoms with van der Waals surface area (Å²) in [5.74, 6) is 10.3. The van der Waals surface area contributed by atoms with E-state index in [1.165, 1.54) is 9.03 Å². The van der Waals surface area contributed by atoms with Crippen LogP contribution in [-0.2, 0) is 0 Å². The molecule has 0 amide bonds. The van der Waals surface area contributed by atoms with Crippen LogP contribution >= 0.6 is 23.2 Å². The minimum Gasteiger partial charge on any atom is -0.266 e. The van der Waals surface area contributed by atoms with Crippen LogP contribution in [0.15, 0.2) is 19.2 Å². The summed E-state index contributed by atoms with van der Waals surface area (Å²) in [6.45, 7) is 6.53. The highest BCUT2D eigenvalue weighted by atomic mass is 35.5. The third kappa shape index (κ3) is 2.38. The zero-order chi connectivity index (χ0) is 22.1. The van der Waals surface area contributed by atoms with Gasteiger partial charge < -0.3 is 0 Å². The maximum absolute atomic E-state index is 12.5. The molecule has 4 rings (SSSR count). The Kier molecular flexibility index (Phi) is 4.32. The van der Waals surface area contributed by atoms with Crippen LogP contribution in [0.3, 0.4) is 0 Å². The van der Waals surface area contributed by atoms with Crippen LogP contribution in [0.1, 0.15) is 33.9 Å². The molecule has 8 nitrogen and oxygen atoms in total. The molecule has 0 spiro atoms. The Labute approximate surface area is 178 Å². The second-order valence-electron chi connectivity index (χ2n) is 6.69. The van der Waals surface area contributed by atoms with Crippen LogP contribution in [0.5, 0.6) is 0 Å². The van der Waals surface area contributed by atoms with Gasteiger partial charge in [0.1, 0.15) is 21.2 Å². The molecule has 0 bridgehead atoms. The van der Waals surface area contributed by atoms with Crippen LogP contribution in [0.2, 0.25) is 10.0 Å². The SMILES string of the molecule is Cc1c(Cl)c(=O)n2c(=O)c(C#CC#Cc3c(C)n4c(C)c(Cl)c(=O)n4c3=O)c(C)n12. The lowest BCUT2D eigenvalue weighted by atomic mass is 10.2. The topological polar surface area (TPSA) is 85.9 Å². The molecule has 4 aromatic rings. The highest BCUT2D eigenvalue weighted by Crippen LogP contribution is 2.14. The van der Waals surface area contributed by atoms with E-state index in [0.717, 1.165) is 9.03 Å². The van der Waals surface area contributed by atoms with Crippen molar-refractivity contribution in [2.45, 2.75) is 27.7 Å². The second-order valence-corrected chi connectivity index (χ2v) is 7.44. The quantitative estimate of drug-likeness (QED) is 0.374. The maximum atomic E-state index is 12.5. The van der Waals surface area contributed by atoms with Crippen LogP contribution in [0, 0.1) is 51.4 Å². The van der Waals surface area contributed by atoms with E-state index in [-0.39, 0.29) is 21.2 Å². The molecule has 0 aromatic carbocycles. The first kappa shape index (κ1) is 19.8. The molecule has 0 aliphatic rings. The first-order chi connectivity index (χ1) is 14.1. The first-order valence-electron chi connectivity index (χ1n) is 8.63. The number of aryl methyl sites for hydroxylation is 4. The van der Waals surface area contributed by atoms with Crippen molar-refractivity contribution in [2.75, 3.05) is 0 Å². The lowest BCUT2D eigenvalue weighted by molar-refractivity contribution is 0.768. The van der Waals surface area contributed by atoms with Gasteiger partial charge in [0.15, 0.2) is 0 Å². The van der Waals surface area contributed by atoms with E-state index in [1.54, 1.807) is 27.7 Å². The predicted molar refractivity (Wildman–Crippen MR) is 112 cm³/mol. The number of rotatable bonds is 0. The summed E-state index contributed by atoms with van der Waals surface area (Å²) in [6.07, 6.45) is 0. The van der Waals surface area contributed by atoms with Crippen LogP contribution in [0.4, 0.5) is 0 Å². The third-order valence-corrected chi connectivity index (χ3v) is 5.91. The van der Waals surface area contributed by atoms with Crippen molar-refractivity contribution >= 4 is 23.2 Å². The van der Waals surface area contributed by atoms with Crippen molar-refractivity contribution < 1.29 is 0 Å². The van der Waals surface area contributed by atoms with Crippen LogP contribution in [-0.4, -0.2) is 18.1 Å². The van der Waals surface area contributed by atoms with Crippen molar-refractivity contribution in [1.29, 1.82) is 0 Å². The minimum atomic E-state index is -0.611. The number of aromatic nitrogens is 4. The summed E-state index contributed by atoms with van der Waals surface area (Å²) in [5.41, 5.74) is -0.413. The molecule has 30 heavy (non-hydrogen) atoms. The van der Waals surface area contributed by atoms with Crippen LogP contribution in [0.25, 0.3) is 0 Å². The highest BCUT2D eigenvalue weighted by molar-refractivity contribution is 6.31. The fraction of sp³-hybridized carbons (Fsp3) is 0.200. The van der Waals surface area contributed by atoms with Crippen molar-refractivity contribution in [1.82, 2.24) is 18.1 Å². The summed E-state index contributed by atoms with van der Waals surface area (Å²) < 4.78 is 4.65. The number of fused-ring (bicyclic) bond motifs is 2. The Balaban J connectivity index is 1.84. The summed E-state index contributed by atoms with van der Waals surface area (Å²) in [4.78, 5) is 49.3. The molecule has 150 valence electrons. The van der Waals surface area contributed by atoms with E-state index in [2.05, 4.69) is 23.7 Å². The molecule has 0 saturated carbocycles. The molecule has 0 radical (unpaired) electrons. The van der Waals surface area contributed by atoms with Crippen molar-refractivity contribution in [3.8, 4) is 23.7 Å². The van der Waals surface area contributed by atoms with E-state index < -0.39 is 22.2 Å². The lowest BCUT2D eigenvalue weighted by Gasteiger charge is -1.94. The molecule has 4 heterocycles. The second kappa shape index (κ2) is 6.53.